The van der Waals surface area contributed by atoms with Crippen molar-refractivity contribution in [2.24, 2.45) is 5.73 Å². The molecule has 6 nitrogen and oxygen atoms in total. The molecule has 1 aliphatic heterocycles. The zero-order chi connectivity index (χ0) is 16.9. The van der Waals surface area contributed by atoms with Crippen molar-refractivity contribution < 1.29 is 9.53 Å². The van der Waals surface area contributed by atoms with E-state index in [4.69, 9.17) is 10.5 Å². The van der Waals surface area contributed by atoms with Crippen LogP contribution in [-0.2, 0) is 4.74 Å². The van der Waals surface area contributed by atoms with Gasteiger partial charge in [-0.3, -0.25) is 0 Å². The van der Waals surface area contributed by atoms with E-state index in [-0.39, 0.29) is 6.04 Å². The van der Waals surface area contributed by atoms with Crippen LogP contribution in [-0.4, -0.2) is 36.3 Å². The van der Waals surface area contributed by atoms with E-state index in [0.717, 1.165) is 24.5 Å². The molecule has 1 unspecified atom stereocenters. The summed E-state index contributed by atoms with van der Waals surface area (Å²) < 4.78 is 5.34. The van der Waals surface area contributed by atoms with E-state index in [9.17, 15) is 4.79 Å². The molecule has 1 aromatic rings. The second-order valence-electron chi connectivity index (χ2n) is 6.90. The zero-order valence-corrected chi connectivity index (χ0v) is 14.3. The van der Waals surface area contributed by atoms with Gasteiger partial charge >= 0.3 is 6.09 Å². The molecule has 0 bridgehead atoms. The Bertz CT molecular complexity index is 522. The van der Waals surface area contributed by atoms with E-state index in [1.807, 2.05) is 32.9 Å². The van der Waals surface area contributed by atoms with E-state index in [2.05, 4.69) is 15.2 Å². The number of rotatable bonds is 4. The molecule has 23 heavy (non-hydrogen) atoms. The SMILES string of the molecule is CC(C)(C)OC(=O)NC(CN)c1cccnc1N1CCCCC1. The fourth-order valence-corrected chi connectivity index (χ4v) is 2.76. The lowest BCUT2D eigenvalue weighted by Crippen LogP contribution is -2.39. The lowest BCUT2D eigenvalue weighted by atomic mass is 10.1. The molecule has 2 rings (SSSR count). The Hall–Kier alpha value is -1.82. The molecule has 0 aromatic carbocycles. The zero-order valence-electron chi connectivity index (χ0n) is 14.3. The number of ether oxygens (including phenoxy) is 1. The number of pyridine rings is 1. The van der Waals surface area contributed by atoms with Crippen LogP contribution < -0.4 is 16.0 Å². The number of carbonyl (C=O) groups is 1. The molecular formula is C17H28N4O2. The number of aromatic nitrogens is 1. The molecule has 3 N–H and O–H groups in total. The van der Waals surface area contributed by atoms with Crippen molar-refractivity contribution >= 4 is 11.9 Å². The Morgan fingerprint density at radius 2 is 2.09 bits per heavy atom. The van der Waals surface area contributed by atoms with Gasteiger partial charge in [-0.25, -0.2) is 9.78 Å². The summed E-state index contributed by atoms with van der Waals surface area (Å²) in [4.78, 5) is 18.9. The highest BCUT2D eigenvalue weighted by molar-refractivity contribution is 5.69. The summed E-state index contributed by atoms with van der Waals surface area (Å²) in [5.41, 5.74) is 6.31. The summed E-state index contributed by atoms with van der Waals surface area (Å²) in [7, 11) is 0. The first-order valence-electron chi connectivity index (χ1n) is 8.30. The number of nitrogens with two attached hydrogens (primary N) is 1. The number of nitrogens with zero attached hydrogens (tertiary/aromatic N) is 2. The van der Waals surface area contributed by atoms with Crippen molar-refractivity contribution in [3.05, 3.63) is 23.9 Å². The molecule has 6 heteroatoms. The topological polar surface area (TPSA) is 80.5 Å². The van der Waals surface area contributed by atoms with Crippen LogP contribution in [0, 0.1) is 0 Å². The van der Waals surface area contributed by atoms with Gasteiger partial charge < -0.3 is 20.7 Å². The Balaban J connectivity index is 2.15. The standard InChI is InChI=1S/C17H28N4O2/c1-17(2,3)23-16(22)20-14(12-18)13-8-7-9-19-15(13)21-10-5-4-6-11-21/h7-9,14H,4-6,10-12,18H2,1-3H3,(H,20,22). The van der Waals surface area contributed by atoms with Crippen LogP contribution >= 0.6 is 0 Å². The third-order valence-corrected chi connectivity index (χ3v) is 3.77. The summed E-state index contributed by atoms with van der Waals surface area (Å²) >= 11 is 0. The average Bonchev–Trinajstić information content (AvgIpc) is 2.52. The maximum atomic E-state index is 12.1. The van der Waals surface area contributed by atoms with Gasteiger partial charge in [-0.05, 0) is 46.1 Å². The van der Waals surface area contributed by atoms with Gasteiger partial charge in [-0.2, -0.15) is 0 Å². The van der Waals surface area contributed by atoms with E-state index in [1.165, 1.54) is 19.3 Å². The summed E-state index contributed by atoms with van der Waals surface area (Å²) in [5, 5.41) is 2.87. The molecule has 1 fully saturated rings. The first-order valence-corrected chi connectivity index (χ1v) is 8.30. The minimum Gasteiger partial charge on any atom is -0.444 e. The van der Waals surface area contributed by atoms with Crippen molar-refractivity contribution in [2.45, 2.75) is 51.7 Å². The largest absolute Gasteiger partial charge is 0.444 e. The van der Waals surface area contributed by atoms with Crippen LogP contribution in [0.1, 0.15) is 51.6 Å². The second kappa shape index (κ2) is 7.64. The Labute approximate surface area is 138 Å². The summed E-state index contributed by atoms with van der Waals surface area (Å²) in [6, 6.07) is 3.55. The smallest absolute Gasteiger partial charge is 0.408 e. The van der Waals surface area contributed by atoms with Crippen LogP contribution in [0.15, 0.2) is 18.3 Å². The van der Waals surface area contributed by atoms with Gasteiger partial charge in [0.1, 0.15) is 11.4 Å². The molecular weight excluding hydrogens is 292 g/mol. The third kappa shape index (κ3) is 5.10. The van der Waals surface area contributed by atoms with Gasteiger partial charge in [-0.15, -0.1) is 0 Å². The van der Waals surface area contributed by atoms with Crippen molar-refractivity contribution in [2.75, 3.05) is 24.5 Å². The highest BCUT2D eigenvalue weighted by atomic mass is 16.6. The second-order valence-corrected chi connectivity index (χ2v) is 6.90. The minimum absolute atomic E-state index is 0.297. The molecule has 1 aliphatic rings. The molecule has 128 valence electrons. The molecule has 0 spiro atoms. The van der Waals surface area contributed by atoms with Crippen LogP contribution in [0.2, 0.25) is 0 Å². The Kier molecular flexibility index (Phi) is 5.82. The lowest BCUT2D eigenvalue weighted by Gasteiger charge is -2.31. The fourth-order valence-electron chi connectivity index (χ4n) is 2.76. The molecule has 0 radical (unpaired) electrons. The predicted octanol–water partition coefficient (Wildman–Crippen LogP) is 2.60. The van der Waals surface area contributed by atoms with E-state index < -0.39 is 11.7 Å². The molecule has 1 saturated heterocycles. The Morgan fingerprint density at radius 1 is 1.39 bits per heavy atom. The van der Waals surface area contributed by atoms with Gasteiger partial charge in [0.05, 0.1) is 6.04 Å². The number of piperidine rings is 1. The number of nitrogens with one attached hydrogen (secondary N) is 1. The number of hydrogen-bond donors (Lipinski definition) is 2. The summed E-state index contributed by atoms with van der Waals surface area (Å²) in [6.07, 6.45) is 4.93. The fraction of sp³-hybridized carbons (Fsp3) is 0.647. The molecule has 2 heterocycles. The van der Waals surface area contributed by atoms with Crippen molar-refractivity contribution in [3.63, 3.8) is 0 Å². The van der Waals surface area contributed by atoms with E-state index in [0.29, 0.717) is 6.54 Å². The van der Waals surface area contributed by atoms with Crippen molar-refractivity contribution in [1.29, 1.82) is 0 Å². The third-order valence-electron chi connectivity index (χ3n) is 3.77. The molecule has 0 saturated carbocycles. The first-order chi connectivity index (χ1) is 10.9. The number of alkyl carbamates (subject to hydrolysis) is 1. The van der Waals surface area contributed by atoms with Crippen LogP contribution in [0.25, 0.3) is 0 Å². The minimum atomic E-state index is -0.534. The van der Waals surface area contributed by atoms with E-state index >= 15 is 0 Å². The predicted molar refractivity (Wildman–Crippen MR) is 91.5 cm³/mol. The molecule has 0 aliphatic carbocycles. The highest BCUT2D eigenvalue weighted by Crippen LogP contribution is 2.26. The van der Waals surface area contributed by atoms with Crippen molar-refractivity contribution in [3.8, 4) is 0 Å². The van der Waals surface area contributed by atoms with Crippen LogP contribution in [0.3, 0.4) is 0 Å². The van der Waals surface area contributed by atoms with Gasteiger partial charge in [0.2, 0.25) is 0 Å². The number of carbonyl (C=O) groups excluding carboxylic acids is 1. The summed E-state index contributed by atoms with van der Waals surface area (Å²) in [6.45, 7) is 7.81. The molecule has 1 aromatic heterocycles. The van der Waals surface area contributed by atoms with Gasteiger partial charge in [0.15, 0.2) is 0 Å². The summed E-state index contributed by atoms with van der Waals surface area (Å²) in [5.74, 6) is 0.915. The lowest BCUT2D eigenvalue weighted by molar-refractivity contribution is 0.0505. The van der Waals surface area contributed by atoms with E-state index in [1.54, 1.807) is 6.20 Å². The van der Waals surface area contributed by atoms with Gasteiger partial charge in [0, 0.05) is 31.4 Å². The number of hydrogen-bond acceptors (Lipinski definition) is 5. The maximum absolute atomic E-state index is 12.1. The van der Waals surface area contributed by atoms with Crippen LogP contribution in [0.5, 0.6) is 0 Å². The van der Waals surface area contributed by atoms with Gasteiger partial charge in [0.25, 0.3) is 0 Å². The van der Waals surface area contributed by atoms with Gasteiger partial charge in [-0.1, -0.05) is 6.07 Å². The number of anilines is 1. The monoisotopic (exact) mass is 320 g/mol. The first kappa shape index (κ1) is 17.5. The van der Waals surface area contributed by atoms with Crippen molar-refractivity contribution in [1.82, 2.24) is 10.3 Å². The highest BCUT2D eigenvalue weighted by Gasteiger charge is 2.24. The molecule has 1 atom stereocenters. The number of amides is 1. The quantitative estimate of drug-likeness (QED) is 0.891. The molecule has 1 amide bonds. The average molecular weight is 320 g/mol. The normalized spacial score (nSPS) is 16.8. The van der Waals surface area contributed by atoms with Crippen LogP contribution in [0.4, 0.5) is 10.6 Å². The maximum Gasteiger partial charge on any atom is 0.408 e. The Morgan fingerprint density at radius 3 is 2.70 bits per heavy atom.